The first kappa shape index (κ1) is 12.9. The van der Waals surface area contributed by atoms with E-state index < -0.39 is 12.1 Å². The fraction of sp³-hybridized carbons (Fsp3) is 0.182. The summed E-state index contributed by atoms with van der Waals surface area (Å²) in [6.07, 6.45) is -4.57. The smallest absolute Gasteiger partial charge is 0.378 e. The van der Waals surface area contributed by atoms with Crippen molar-refractivity contribution in [1.29, 1.82) is 0 Å². The number of anilines is 1. The summed E-state index contributed by atoms with van der Waals surface area (Å²) in [5.41, 5.74) is 6.27. The van der Waals surface area contributed by atoms with Gasteiger partial charge in [-0.25, -0.2) is 0 Å². The molecule has 0 aliphatic carbocycles. The first-order valence-electron chi connectivity index (χ1n) is 4.92. The molecule has 2 aromatic rings. The SMILES string of the molecule is C[n+]1c(C(F)(F)F)oc(N)c1-c1ccc(Br)cc1. The number of benzene rings is 1. The van der Waals surface area contributed by atoms with Crippen LogP contribution in [0, 0.1) is 0 Å². The van der Waals surface area contributed by atoms with Gasteiger partial charge in [0.15, 0.2) is 0 Å². The summed E-state index contributed by atoms with van der Waals surface area (Å²) in [4.78, 5) is 0. The van der Waals surface area contributed by atoms with Crippen LogP contribution in [0.2, 0.25) is 0 Å². The molecule has 1 heterocycles. The first-order chi connectivity index (χ1) is 8.30. The monoisotopic (exact) mass is 321 g/mol. The third-order valence-electron chi connectivity index (χ3n) is 2.44. The molecule has 3 nitrogen and oxygen atoms in total. The van der Waals surface area contributed by atoms with E-state index in [0.717, 1.165) is 9.04 Å². The molecule has 0 radical (unpaired) electrons. The number of alkyl halides is 3. The Bertz CT molecular complexity index is 575. The normalized spacial score (nSPS) is 11.8. The minimum atomic E-state index is -4.57. The number of nitrogens with two attached hydrogens (primary N) is 1. The average Bonchev–Trinajstić information content (AvgIpc) is 2.56. The van der Waals surface area contributed by atoms with Crippen LogP contribution in [0.25, 0.3) is 11.3 Å². The largest absolute Gasteiger partial charge is 0.517 e. The van der Waals surface area contributed by atoms with Crippen LogP contribution in [-0.4, -0.2) is 0 Å². The van der Waals surface area contributed by atoms with E-state index in [-0.39, 0.29) is 11.6 Å². The Morgan fingerprint density at radius 2 is 1.78 bits per heavy atom. The lowest BCUT2D eigenvalue weighted by atomic mass is 10.1. The summed E-state index contributed by atoms with van der Waals surface area (Å²) >= 11 is 3.25. The minimum absolute atomic E-state index is 0.204. The molecule has 18 heavy (non-hydrogen) atoms. The van der Waals surface area contributed by atoms with E-state index >= 15 is 0 Å². The lowest BCUT2D eigenvalue weighted by molar-refractivity contribution is -0.685. The number of nitrogens with zero attached hydrogens (tertiary/aromatic N) is 1. The molecule has 1 aromatic heterocycles. The highest BCUT2D eigenvalue weighted by atomic mass is 79.9. The van der Waals surface area contributed by atoms with Crippen molar-refractivity contribution in [3.8, 4) is 11.3 Å². The van der Waals surface area contributed by atoms with E-state index in [0.29, 0.717) is 5.56 Å². The van der Waals surface area contributed by atoms with Gasteiger partial charge in [-0.15, -0.1) is 0 Å². The Morgan fingerprint density at radius 3 is 2.22 bits per heavy atom. The average molecular weight is 322 g/mol. The second-order valence-corrected chi connectivity index (χ2v) is 4.60. The number of hydrogen-bond acceptors (Lipinski definition) is 2. The van der Waals surface area contributed by atoms with Crippen molar-refractivity contribution in [2.24, 2.45) is 7.05 Å². The highest BCUT2D eigenvalue weighted by molar-refractivity contribution is 9.10. The maximum Gasteiger partial charge on any atom is 0.517 e. The summed E-state index contributed by atoms with van der Waals surface area (Å²) in [6.45, 7) is 0. The summed E-state index contributed by atoms with van der Waals surface area (Å²) < 4.78 is 44.3. The van der Waals surface area contributed by atoms with Crippen molar-refractivity contribution >= 4 is 21.8 Å². The maximum atomic E-state index is 12.6. The van der Waals surface area contributed by atoms with Crippen molar-refractivity contribution in [3.05, 3.63) is 34.6 Å². The topological polar surface area (TPSA) is 43.0 Å². The molecule has 96 valence electrons. The molecule has 0 saturated heterocycles. The van der Waals surface area contributed by atoms with E-state index in [1.165, 1.54) is 7.05 Å². The lowest BCUT2D eigenvalue weighted by Gasteiger charge is -1.98. The highest BCUT2D eigenvalue weighted by Gasteiger charge is 2.47. The Balaban J connectivity index is 2.59. The summed E-state index contributed by atoms with van der Waals surface area (Å²) in [7, 11) is 1.26. The van der Waals surface area contributed by atoms with Gasteiger partial charge in [0.25, 0.3) is 11.6 Å². The third kappa shape index (κ3) is 2.22. The number of nitrogen functional groups attached to an aromatic ring is 1. The maximum absolute atomic E-state index is 12.6. The van der Waals surface area contributed by atoms with E-state index in [1.54, 1.807) is 24.3 Å². The molecule has 0 atom stereocenters. The summed E-state index contributed by atoms with van der Waals surface area (Å²) in [6, 6.07) is 6.75. The van der Waals surface area contributed by atoms with Crippen LogP contribution in [0.3, 0.4) is 0 Å². The van der Waals surface area contributed by atoms with Gasteiger partial charge in [0.1, 0.15) is 7.05 Å². The van der Waals surface area contributed by atoms with Gasteiger partial charge in [-0.1, -0.05) is 15.9 Å². The molecule has 2 N–H and O–H groups in total. The van der Waals surface area contributed by atoms with Gasteiger partial charge in [-0.05, 0) is 24.3 Å². The van der Waals surface area contributed by atoms with Crippen LogP contribution in [0.4, 0.5) is 19.1 Å². The van der Waals surface area contributed by atoms with Gasteiger partial charge >= 0.3 is 12.1 Å². The lowest BCUT2D eigenvalue weighted by Crippen LogP contribution is -2.37. The van der Waals surface area contributed by atoms with Crippen LogP contribution in [0.5, 0.6) is 0 Å². The standard InChI is InChI=1S/C11H9BrF3N2O/c1-17-8(6-2-4-7(12)5-3-6)9(16)18-10(17)11(13,14)15/h2-5H,16H2,1H3/q+1. The van der Waals surface area contributed by atoms with Gasteiger partial charge in [0.2, 0.25) is 0 Å². The molecular formula is C11H9BrF3N2O+. The van der Waals surface area contributed by atoms with Gasteiger partial charge in [-0.3, -0.25) is 0 Å². The number of aromatic nitrogens is 1. The first-order valence-corrected chi connectivity index (χ1v) is 5.71. The molecule has 2 rings (SSSR count). The molecule has 0 unspecified atom stereocenters. The van der Waals surface area contributed by atoms with E-state index in [4.69, 9.17) is 5.73 Å². The van der Waals surface area contributed by atoms with Gasteiger partial charge in [0, 0.05) is 4.47 Å². The Morgan fingerprint density at radius 1 is 1.22 bits per heavy atom. The molecule has 0 bridgehead atoms. The number of oxazole rings is 1. The molecule has 0 spiro atoms. The predicted octanol–water partition coefficient (Wildman–Crippen LogP) is 3.13. The van der Waals surface area contributed by atoms with Gasteiger partial charge in [-0.2, -0.15) is 17.7 Å². The zero-order valence-electron chi connectivity index (χ0n) is 9.25. The van der Waals surface area contributed by atoms with E-state index in [1.807, 2.05) is 0 Å². The molecule has 7 heteroatoms. The van der Waals surface area contributed by atoms with Crippen molar-refractivity contribution in [1.82, 2.24) is 0 Å². The van der Waals surface area contributed by atoms with Crippen molar-refractivity contribution in [2.45, 2.75) is 6.18 Å². The molecular weight excluding hydrogens is 313 g/mol. The number of halogens is 4. The zero-order chi connectivity index (χ0) is 13.5. The fourth-order valence-corrected chi connectivity index (χ4v) is 1.94. The zero-order valence-corrected chi connectivity index (χ0v) is 10.8. The quantitative estimate of drug-likeness (QED) is 0.820. The Kier molecular flexibility index (Phi) is 3.10. The third-order valence-corrected chi connectivity index (χ3v) is 2.97. The molecule has 0 saturated carbocycles. The van der Waals surface area contributed by atoms with Crippen LogP contribution < -0.4 is 10.3 Å². The molecule has 0 aliphatic heterocycles. The van der Waals surface area contributed by atoms with E-state index in [9.17, 15) is 13.2 Å². The molecule has 1 aromatic carbocycles. The molecule has 0 amide bonds. The van der Waals surface area contributed by atoms with Gasteiger partial charge < -0.3 is 10.2 Å². The summed E-state index contributed by atoms with van der Waals surface area (Å²) in [5, 5.41) is 0. The van der Waals surface area contributed by atoms with Gasteiger partial charge in [0.05, 0.1) is 5.56 Å². The van der Waals surface area contributed by atoms with Crippen LogP contribution in [-0.2, 0) is 13.2 Å². The number of hydrogen-bond donors (Lipinski definition) is 1. The van der Waals surface area contributed by atoms with Crippen LogP contribution >= 0.6 is 15.9 Å². The van der Waals surface area contributed by atoms with Crippen molar-refractivity contribution < 1.29 is 22.2 Å². The van der Waals surface area contributed by atoms with Crippen molar-refractivity contribution in [3.63, 3.8) is 0 Å². The Hall–Kier alpha value is -1.50. The second kappa shape index (κ2) is 4.31. The molecule has 0 aliphatic rings. The minimum Gasteiger partial charge on any atom is -0.378 e. The fourth-order valence-electron chi connectivity index (χ4n) is 1.68. The highest BCUT2D eigenvalue weighted by Crippen LogP contribution is 2.33. The predicted molar refractivity (Wildman–Crippen MR) is 62.4 cm³/mol. The van der Waals surface area contributed by atoms with Crippen LogP contribution in [0.1, 0.15) is 5.89 Å². The summed E-state index contributed by atoms with van der Waals surface area (Å²) in [5.74, 6) is -1.38. The molecule has 0 fully saturated rings. The Labute approximate surface area is 109 Å². The number of rotatable bonds is 1. The van der Waals surface area contributed by atoms with Crippen molar-refractivity contribution in [2.75, 3.05) is 5.73 Å². The second-order valence-electron chi connectivity index (χ2n) is 3.68. The van der Waals surface area contributed by atoms with Crippen LogP contribution in [0.15, 0.2) is 33.2 Å². The van der Waals surface area contributed by atoms with E-state index in [2.05, 4.69) is 20.3 Å².